The number of hydrogen-bond donors (Lipinski definition) is 1. The number of benzene rings is 1. The number of carboxylic acid groups (broad SMARTS) is 1. The Morgan fingerprint density at radius 2 is 2.24 bits per heavy atom. The molecule has 1 aromatic rings. The van der Waals surface area contributed by atoms with E-state index in [0.717, 1.165) is 35.3 Å². The van der Waals surface area contributed by atoms with Crippen molar-refractivity contribution in [2.45, 2.75) is 23.8 Å². The second-order valence-corrected chi connectivity index (χ2v) is 6.88. The first-order valence-corrected chi connectivity index (χ1v) is 7.87. The highest BCUT2D eigenvalue weighted by Gasteiger charge is 2.29. The Morgan fingerprint density at radius 1 is 1.52 bits per heavy atom. The molecular weight excluding hydrogens is 301 g/mol. The molecule has 21 heavy (non-hydrogen) atoms. The Balaban J connectivity index is 2.29. The summed E-state index contributed by atoms with van der Waals surface area (Å²) in [5.74, 6) is -2.28. The van der Waals surface area contributed by atoms with Gasteiger partial charge in [0.15, 0.2) is 0 Å². The van der Waals surface area contributed by atoms with E-state index >= 15 is 0 Å². The molecule has 8 heteroatoms. The van der Waals surface area contributed by atoms with Gasteiger partial charge in [-0.1, -0.05) is 0 Å². The van der Waals surface area contributed by atoms with Crippen LogP contribution in [0.15, 0.2) is 23.1 Å². The quantitative estimate of drug-likeness (QED) is 0.885. The minimum Gasteiger partial charge on any atom is -0.478 e. The molecular formula is C13H16FNO5S. The molecule has 1 unspecified atom stereocenters. The van der Waals surface area contributed by atoms with Gasteiger partial charge in [0.1, 0.15) is 10.7 Å². The van der Waals surface area contributed by atoms with Gasteiger partial charge in [0.05, 0.1) is 11.7 Å². The van der Waals surface area contributed by atoms with Crippen molar-refractivity contribution in [3.63, 3.8) is 0 Å². The molecule has 116 valence electrons. The smallest absolute Gasteiger partial charge is 0.335 e. The van der Waals surface area contributed by atoms with Crippen LogP contribution in [0.5, 0.6) is 0 Å². The first-order chi connectivity index (χ1) is 9.82. The van der Waals surface area contributed by atoms with E-state index in [4.69, 9.17) is 9.84 Å². The molecule has 0 aliphatic carbocycles. The second kappa shape index (κ2) is 6.08. The van der Waals surface area contributed by atoms with E-state index in [0.29, 0.717) is 6.61 Å². The van der Waals surface area contributed by atoms with Gasteiger partial charge >= 0.3 is 5.97 Å². The van der Waals surface area contributed by atoms with Gasteiger partial charge < -0.3 is 9.84 Å². The minimum absolute atomic E-state index is 0.110. The van der Waals surface area contributed by atoms with Crippen molar-refractivity contribution in [2.24, 2.45) is 0 Å². The van der Waals surface area contributed by atoms with E-state index in [1.54, 1.807) is 0 Å². The first kappa shape index (κ1) is 15.9. The molecule has 1 atom stereocenters. The number of carboxylic acids is 1. The summed E-state index contributed by atoms with van der Waals surface area (Å²) in [6, 6.07) is 2.70. The maximum Gasteiger partial charge on any atom is 0.335 e. The number of aromatic carboxylic acids is 1. The van der Waals surface area contributed by atoms with Crippen LogP contribution in [-0.2, 0) is 14.8 Å². The van der Waals surface area contributed by atoms with Crippen LogP contribution in [0.2, 0.25) is 0 Å². The lowest BCUT2D eigenvalue weighted by molar-refractivity contribution is 0.0696. The maximum atomic E-state index is 13.8. The molecule has 1 aromatic carbocycles. The topological polar surface area (TPSA) is 83.9 Å². The number of rotatable bonds is 5. The molecule has 0 radical (unpaired) electrons. The molecule has 0 spiro atoms. The molecule has 1 N–H and O–H groups in total. The first-order valence-electron chi connectivity index (χ1n) is 6.43. The fourth-order valence-electron chi connectivity index (χ4n) is 2.18. The van der Waals surface area contributed by atoms with E-state index in [2.05, 4.69) is 0 Å². The third-order valence-electron chi connectivity index (χ3n) is 3.35. The summed E-state index contributed by atoms with van der Waals surface area (Å²) in [6.07, 6.45) is 1.40. The number of ether oxygens (including phenoxy) is 1. The van der Waals surface area contributed by atoms with Gasteiger partial charge in [-0.05, 0) is 31.0 Å². The van der Waals surface area contributed by atoms with Crippen LogP contribution in [0, 0.1) is 5.82 Å². The van der Waals surface area contributed by atoms with Crippen molar-refractivity contribution in [2.75, 3.05) is 20.2 Å². The number of carbonyl (C=O) groups is 1. The summed E-state index contributed by atoms with van der Waals surface area (Å²) in [5.41, 5.74) is -0.277. The van der Waals surface area contributed by atoms with Gasteiger partial charge in [-0.25, -0.2) is 17.6 Å². The van der Waals surface area contributed by atoms with Crippen molar-refractivity contribution >= 4 is 16.0 Å². The fourth-order valence-corrected chi connectivity index (χ4v) is 3.46. The number of sulfonamides is 1. The van der Waals surface area contributed by atoms with Crippen LogP contribution in [0.4, 0.5) is 4.39 Å². The van der Waals surface area contributed by atoms with Crippen LogP contribution in [0.25, 0.3) is 0 Å². The summed E-state index contributed by atoms with van der Waals surface area (Å²) in [6.45, 7) is 0.695. The molecule has 1 fully saturated rings. The van der Waals surface area contributed by atoms with Crippen LogP contribution < -0.4 is 0 Å². The van der Waals surface area contributed by atoms with Gasteiger partial charge in [-0.15, -0.1) is 0 Å². The Kier molecular flexibility index (Phi) is 4.60. The van der Waals surface area contributed by atoms with E-state index in [-0.39, 0.29) is 18.2 Å². The van der Waals surface area contributed by atoms with E-state index in [9.17, 15) is 17.6 Å². The van der Waals surface area contributed by atoms with Crippen molar-refractivity contribution in [1.29, 1.82) is 0 Å². The van der Waals surface area contributed by atoms with E-state index < -0.39 is 26.7 Å². The zero-order chi connectivity index (χ0) is 15.6. The van der Waals surface area contributed by atoms with Crippen molar-refractivity contribution < 1.29 is 27.4 Å². The van der Waals surface area contributed by atoms with Gasteiger partial charge in [-0.2, -0.15) is 4.31 Å². The highest BCUT2D eigenvalue weighted by Crippen LogP contribution is 2.22. The Labute approximate surface area is 122 Å². The molecule has 6 nitrogen and oxygen atoms in total. The number of likely N-dealkylation sites (N-methyl/N-ethyl adjacent to an activating group) is 1. The fraction of sp³-hybridized carbons (Fsp3) is 0.462. The third-order valence-corrected chi connectivity index (χ3v) is 5.19. The number of hydrogen-bond acceptors (Lipinski definition) is 4. The normalized spacial score (nSPS) is 19.1. The van der Waals surface area contributed by atoms with Crippen molar-refractivity contribution in [1.82, 2.24) is 4.31 Å². The predicted molar refractivity (Wildman–Crippen MR) is 72.1 cm³/mol. The predicted octanol–water partition coefficient (Wildman–Crippen LogP) is 1.32. The average Bonchev–Trinajstić information content (AvgIpc) is 2.91. The van der Waals surface area contributed by atoms with E-state index in [1.807, 2.05) is 0 Å². The lowest BCUT2D eigenvalue weighted by atomic mass is 10.2. The Hall–Kier alpha value is -1.51. The molecule has 1 aliphatic rings. The van der Waals surface area contributed by atoms with E-state index in [1.165, 1.54) is 7.05 Å². The standard InChI is InChI=1S/C13H16FNO5S/c1-15(8-10-3-2-6-20-10)21(18,19)12-7-9(13(16)17)4-5-11(12)14/h4-5,7,10H,2-3,6,8H2,1H3,(H,16,17). The summed E-state index contributed by atoms with van der Waals surface area (Å²) < 4.78 is 44.8. The van der Waals surface area contributed by atoms with Crippen LogP contribution >= 0.6 is 0 Å². The molecule has 2 rings (SSSR count). The Morgan fingerprint density at radius 3 is 2.81 bits per heavy atom. The zero-order valence-corrected chi connectivity index (χ0v) is 12.3. The average molecular weight is 317 g/mol. The molecule has 0 bridgehead atoms. The van der Waals surface area contributed by atoms with Crippen LogP contribution in [0.3, 0.4) is 0 Å². The van der Waals surface area contributed by atoms with Gasteiger partial charge in [0.2, 0.25) is 10.0 Å². The minimum atomic E-state index is -4.10. The molecule has 0 amide bonds. The summed E-state index contributed by atoms with van der Waals surface area (Å²) in [5, 5.41) is 8.88. The molecule has 1 saturated heterocycles. The summed E-state index contributed by atoms with van der Waals surface area (Å²) in [4.78, 5) is 10.3. The monoisotopic (exact) mass is 317 g/mol. The number of halogens is 1. The Bertz CT molecular complexity index is 640. The molecule has 1 aliphatic heterocycles. The van der Waals surface area contributed by atoms with Crippen LogP contribution in [-0.4, -0.2) is 50.1 Å². The highest BCUT2D eigenvalue weighted by atomic mass is 32.2. The lowest BCUT2D eigenvalue weighted by Gasteiger charge is -2.21. The zero-order valence-electron chi connectivity index (χ0n) is 11.5. The van der Waals surface area contributed by atoms with Gasteiger partial charge in [0, 0.05) is 20.2 Å². The number of nitrogens with zero attached hydrogens (tertiary/aromatic N) is 1. The lowest BCUT2D eigenvalue weighted by Crippen LogP contribution is -2.34. The highest BCUT2D eigenvalue weighted by molar-refractivity contribution is 7.89. The summed E-state index contributed by atoms with van der Waals surface area (Å²) >= 11 is 0. The van der Waals surface area contributed by atoms with Crippen molar-refractivity contribution in [3.05, 3.63) is 29.6 Å². The van der Waals surface area contributed by atoms with Crippen molar-refractivity contribution in [3.8, 4) is 0 Å². The molecule has 0 aromatic heterocycles. The summed E-state index contributed by atoms with van der Waals surface area (Å²) in [7, 11) is -2.77. The van der Waals surface area contributed by atoms with Crippen LogP contribution in [0.1, 0.15) is 23.2 Å². The SMILES string of the molecule is CN(CC1CCCO1)S(=O)(=O)c1cc(C(=O)O)ccc1F. The maximum absolute atomic E-state index is 13.8. The third kappa shape index (κ3) is 3.39. The van der Waals surface area contributed by atoms with Gasteiger partial charge in [-0.3, -0.25) is 0 Å². The molecule has 0 saturated carbocycles. The second-order valence-electron chi connectivity index (χ2n) is 4.87. The molecule has 1 heterocycles. The van der Waals surface area contributed by atoms with Gasteiger partial charge in [0.25, 0.3) is 0 Å². The largest absolute Gasteiger partial charge is 0.478 e.